The lowest BCUT2D eigenvalue weighted by Gasteiger charge is -2.45. The van der Waals surface area contributed by atoms with Crippen molar-refractivity contribution in [1.29, 1.82) is 0 Å². The highest BCUT2D eigenvalue weighted by Crippen LogP contribution is 2.52. The largest absolute Gasteiger partial charge is 0.365 e. The molecule has 1 aromatic heterocycles. The van der Waals surface area contributed by atoms with Crippen LogP contribution in [0.4, 0.5) is 0 Å². The number of aromatic nitrogens is 1. The lowest BCUT2D eigenvalue weighted by molar-refractivity contribution is -0.102. The van der Waals surface area contributed by atoms with Gasteiger partial charge < -0.3 is 4.74 Å². The highest BCUT2D eigenvalue weighted by Gasteiger charge is 2.52. The number of nitrogens with zero attached hydrogens (tertiary/aromatic N) is 2. The van der Waals surface area contributed by atoms with Crippen LogP contribution in [-0.2, 0) is 23.4 Å². The van der Waals surface area contributed by atoms with Crippen LogP contribution in [-0.4, -0.2) is 34.3 Å². The maximum atomic E-state index is 12.8. The molecule has 4 aliphatic rings. The van der Waals surface area contributed by atoms with Crippen LogP contribution in [0.25, 0.3) is 0 Å². The van der Waals surface area contributed by atoms with Crippen LogP contribution in [0.3, 0.4) is 0 Å². The van der Waals surface area contributed by atoms with Crippen molar-refractivity contribution in [1.82, 2.24) is 9.88 Å². The van der Waals surface area contributed by atoms with E-state index in [1.165, 1.54) is 24.0 Å². The zero-order valence-corrected chi connectivity index (χ0v) is 16.8. The fourth-order valence-electron chi connectivity index (χ4n) is 6.48. The second-order valence-corrected chi connectivity index (χ2v) is 9.47. The molecule has 0 amide bonds. The first-order chi connectivity index (χ1) is 14.2. The second kappa shape index (κ2) is 6.75. The number of ether oxygens (including phenoxy) is 1. The van der Waals surface area contributed by atoms with E-state index in [4.69, 9.17) is 4.74 Å². The van der Waals surface area contributed by atoms with E-state index in [0.717, 1.165) is 44.4 Å². The van der Waals surface area contributed by atoms with E-state index >= 15 is 0 Å². The molecular formula is C25H28N2O2. The molecule has 2 bridgehead atoms. The Kier molecular flexibility index (Phi) is 4.14. The molecule has 2 saturated heterocycles. The quantitative estimate of drug-likeness (QED) is 0.721. The van der Waals surface area contributed by atoms with E-state index in [0.29, 0.717) is 30.1 Å². The van der Waals surface area contributed by atoms with Crippen LogP contribution in [0.1, 0.15) is 65.7 Å². The van der Waals surface area contributed by atoms with Crippen molar-refractivity contribution < 1.29 is 9.53 Å². The number of carbonyl (C=O) groups excluding carboxylic acids is 1. The molecule has 0 radical (unpaired) electrons. The number of fused-ring (bicyclic) bond motifs is 5. The van der Waals surface area contributed by atoms with Crippen molar-refractivity contribution in [3.05, 3.63) is 65.0 Å². The van der Waals surface area contributed by atoms with E-state index in [1.54, 1.807) is 6.20 Å². The maximum absolute atomic E-state index is 12.8. The minimum absolute atomic E-state index is 0.0711. The van der Waals surface area contributed by atoms with Gasteiger partial charge in [-0.05, 0) is 67.2 Å². The number of hydrogen-bond donors (Lipinski definition) is 0. The van der Waals surface area contributed by atoms with Crippen LogP contribution in [0.15, 0.2) is 42.6 Å². The lowest BCUT2D eigenvalue weighted by atomic mass is 9.79. The Morgan fingerprint density at radius 3 is 2.69 bits per heavy atom. The van der Waals surface area contributed by atoms with E-state index in [9.17, 15) is 4.79 Å². The Bertz CT molecular complexity index is 941. The van der Waals surface area contributed by atoms with E-state index in [-0.39, 0.29) is 11.4 Å². The summed E-state index contributed by atoms with van der Waals surface area (Å²) in [7, 11) is 0. The average Bonchev–Trinajstić information content (AvgIpc) is 3.13. The minimum atomic E-state index is -0.0711. The van der Waals surface area contributed by atoms with Crippen LogP contribution >= 0.6 is 0 Å². The topological polar surface area (TPSA) is 42.4 Å². The predicted octanol–water partition coefficient (Wildman–Crippen LogP) is 4.27. The zero-order chi connectivity index (χ0) is 19.4. The van der Waals surface area contributed by atoms with Gasteiger partial charge in [0.05, 0.1) is 12.2 Å². The van der Waals surface area contributed by atoms with Crippen LogP contribution < -0.4 is 0 Å². The van der Waals surface area contributed by atoms with Gasteiger partial charge in [-0.25, -0.2) is 0 Å². The first kappa shape index (κ1) is 17.8. The van der Waals surface area contributed by atoms with Crippen molar-refractivity contribution in [2.75, 3.05) is 6.54 Å². The van der Waals surface area contributed by atoms with Gasteiger partial charge in [-0.15, -0.1) is 0 Å². The summed E-state index contributed by atoms with van der Waals surface area (Å²) in [6.45, 7) is 1.81. The molecule has 2 fully saturated rings. The fraction of sp³-hybridized carbons (Fsp3) is 0.520. The van der Waals surface area contributed by atoms with Crippen LogP contribution in [0, 0.1) is 5.92 Å². The number of rotatable bonds is 2. The molecule has 3 aliphatic heterocycles. The predicted molar refractivity (Wildman–Crippen MR) is 111 cm³/mol. The molecule has 2 unspecified atom stereocenters. The summed E-state index contributed by atoms with van der Waals surface area (Å²) in [6, 6.07) is 14.0. The molecule has 3 atom stereocenters. The maximum Gasteiger partial charge on any atom is 0.181 e. The van der Waals surface area contributed by atoms with Gasteiger partial charge in [-0.1, -0.05) is 30.3 Å². The monoisotopic (exact) mass is 388 g/mol. The molecule has 29 heavy (non-hydrogen) atoms. The van der Waals surface area contributed by atoms with Crippen molar-refractivity contribution in [3.63, 3.8) is 0 Å². The normalized spacial score (nSPS) is 33.5. The minimum Gasteiger partial charge on any atom is -0.365 e. The first-order valence-electron chi connectivity index (χ1n) is 11.2. The lowest BCUT2D eigenvalue weighted by Crippen LogP contribution is -2.51. The van der Waals surface area contributed by atoms with Crippen molar-refractivity contribution >= 4 is 5.78 Å². The second-order valence-electron chi connectivity index (χ2n) is 9.47. The number of pyridine rings is 1. The third kappa shape index (κ3) is 2.88. The highest BCUT2D eigenvalue weighted by atomic mass is 16.5. The number of ketones is 1. The first-order valence-corrected chi connectivity index (χ1v) is 11.2. The number of carbonyl (C=O) groups is 1. The van der Waals surface area contributed by atoms with Crippen LogP contribution in [0.5, 0.6) is 0 Å². The standard InChI is InChI=1S/C25H28N2O2/c28-23-12-17(7-8-18-5-3-11-26-24(18)23)15-27-20-9-10-21(27)14-25(13-20)22-6-2-1-4-19(22)16-29-25/h1-6,11,17,20-21H,7-10,12-16H2/t17-,20?,21?,25?/m1/s1. The summed E-state index contributed by atoms with van der Waals surface area (Å²) in [5, 5.41) is 0. The molecular weight excluding hydrogens is 360 g/mol. The Balaban J connectivity index is 1.19. The van der Waals surface area contributed by atoms with Gasteiger partial charge >= 0.3 is 0 Å². The number of piperidine rings is 1. The Morgan fingerprint density at radius 2 is 1.83 bits per heavy atom. The van der Waals surface area contributed by atoms with Gasteiger partial charge in [0.25, 0.3) is 0 Å². The van der Waals surface area contributed by atoms with Gasteiger partial charge in [0, 0.05) is 31.2 Å². The smallest absolute Gasteiger partial charge is 0.181 e. The SMILES string of the molecule is O=C1C[C@H](CN2C3CCC2CC2(C3)OCc3ccccc32)CCc2cccnc21. The number of benzene rings is 1. The van der Waals surface area contributed by atoms with Crippen molar-refractivity contribution in [2.45, 2.75) is 69.2 Å². The number of hydrogen-bond acceptors (Lipinski definition) is 4. The molecule has 1 aromatic carbocycles. The van der Waals surface area contributed by atoms with Crippen molar-refractivity contribution in [2.24, 2.45) is 5.92 Å². The van der Waals surface area contributed by atoms with Crippen LogP contribution in [0.2, 0.25) is 0 Å². The third-order valence-electron chi connectivity index (χ3n) is 7.83. The van der Waals surface area contributed by atoms with Gasteiger partial charge in [0.15, 0.2) is 5.78 Å². The molecule has 2 aromatic rings. The van der Waals surface area contributed by atoms with Gasteiger partial charge in [0.1, 0.15) is 5.69 Å². The number of aryl methyl sites for hydroxylation is 1. The molecule has 1 spiro atoms. The zero-order valence-electron chi connectivity index (χ0n) is 16.8. The molecule has 6 rings (SSSR count). The van der Waals surface area contributed by atoms with E-state index < -0.39 is 0 Å². The summed E-state index contributed by atoms with van der Waals surface area (Å²) in [6.07, 6.45) is 9.19. The Labute approximate surface area is 172 Å². The summed E-state index contributed by atoms with van der Waals surface area (Å²) < 4.78 is 6.46. The molecule has 0 saturated carbocycles. The molecule has 1 aliphatic carbocycles. The fourth-order valence-corrected chi connectivity index (χ4v) is 6.48. The third-order valence-corrected chi connectivity index (χ3v) is 7.83. The molecule has 4 heteroatoms. The summed E-state index contributed by atoms with van der Waals surface area (Å²) in [5.41, 5.74) is 4.59. The molecule has 4 heterocycles. The molecule has 4 nitrogen and oxygen atoms in total. The number of Topliss-reactive ketones (excluding diaryl/α,β-unsaturated/α-hetero) is 1. The van der Waals surface area contributed by atoms with E-state index in [2.05, 4.69) is 40.2 Å². The average molecular weight is 389 g/mol. The Hall–Kier alpha value is -2.04. The Morgan fingerprint density at radius 1 is 1.03 bits per heavy atom. The summed E-state index contributed by atoms with van der Waals surface area (Å²) in [5.74, 6) is 0.669. The molecule has 150 valence electrons. The highest BCUT2D eigenvalue weighted by molar-refractivity contribution is 5.96. The summed E-state index contributed by atoms with van der Waals surface area (Å²) >= 11 is 0. The van der Waals surface area contributed by atoms with Gasteiger partial charge in [0.2, 0.25) is 0 Å². The van der Waals surface area contributed by atoms with Gasteiger partial charge in [-0.3, -0.25) is 14.7 Å². The van der Waals surface area contributed by atoms with E-state index in [1.807, 2.05) is 6.07 Å². The molecule has 0 N–H and O–H groups in total. The van der Waals surface area contributed by atoms with Crippen molar-refractivity contribution in [3.8, 4) is 0 Å². The summed E-state index contributed by atoms with van der Waals surface area (Å²) in [4.78, 5) is 19.9. The van der Waals surface area contributed by atoms with Gasteiger partial charge in [-0.2, -0.15) is 0 Å².